The van der Waals surface area contributed by atoms with E-state index in [-0.39, 0.29) is 12.1 Å². The van der Waals surface area contributed by atoms with Gasteiger partial charge < -0.3 is 4.48 Å². The van der Waals surface area contributed by atoms with Crippen LogP contribution in [0.1, 0.15) is 84.5 Å². The fourth-order valence-electron chi connectivity index (χ4n) is 9.82. The average molecular weight is 759 g/mol. The molecule has 8 aromatic rings. The third-order valence-corrected chi connectivity index (χ3v) is 13.7. The summed E-state index contributed by atoms with van der Waals surface area (Å²) in [5.74, 6) is 0.356. The Morgan fingerprint density at radius 2 is 1.30 bits per heavy atom. The van der Waals surface area contributed by atoms with Gasteiger partial charge >= 0.3 is 0 Å². The van der Waals surface area contributed by atoms with Gasteiger partial charge in [-0.25, -0.2) is 0 Å². The summed E-state index contributed by atoms with van der Waals surface area (Å²) in [6.07, 6.45) is 6.58. The molecule has 2 heteroatoms. The fraction of sp³-hybridized carbons (Fsp3) is 0.200. The van der Waals surface area contributed by atoms with Crippen molar-refractivity contribution >= 4 is 37.6 Å². The van der Waals surface area contributed by atoms with Crippen molar-refractivity contribution in [1.29, 1.82) is 0 Å². The van der Waals surface area contributed by atoms with Gasteiger partial charge in [0, 0.05) is 50.1 Å². The first-order chi connectivity index (χ1) is 27.9. The van der Waals surface area contributed by atoms with Crippen LogP contribution in [0.2, 0.25) is 0 Å². The van der Waals surface area contributed by atoms with Crippen LogP contribution in [0.15, 0.2) is 175 Å². The Morgan fingerprint density at radius 3 is 2.07 bits per heavy atom. The first kappa shape index (κ1) is 37.1. The van der Waals surface area contributed by atoms with E-state index in [4.69, 9.17) is 0 Å². The number of quaternary nitrogens is 1. The number of fused-ring (bicyclic) bond motifs is 6. The van der Waals surface area contributed by atoms with Crippen LogP contribution in [0.3, 0.4) is 0 Å². The number of benzene rings is 7. The number of hydrogen-bond donors (Lipinski definition) is 0. The maximum Gasteiger partial charge on any atom is 0.118 e. The Hall–Kier alpha value is -5.54. The molecular formula is C55H52NS+. The Balaban J connectivity index is 1.19. The molecule has 57 heavy (non-hydrogen) atoms. The molecule has 0 spiro atoms. The van der Waals surface area contributed by atoms with Gasteiger partial charge in [0.1, 0.15) is 12.1 Å². The van der Waals surface area contributed by atoms with Gasteiger partial charge in [-0.15, -0.1) is 11.3 Å². The van der Waals surface area contributed by atoms with E-state index in [1.165, 1.54) is 81.4 Å². The standard InChI is InChI=1S/C55H52NS/c1-5-19-51(56(3,4)52(41-24-13-8-14-25-41)33-38(2)32-39-20-9-6-10-21-39)50-36-43(37-54-55(50)47-28-17-18-29-53(47)57-54)42-30-31-46-48(34-40-22-11-7-12-23-40)44-26-15-16-27-45(44)49(46)35-42/h6-18,20-32,35-37,48,51-52H,5,19,33-34H2,1-4H3/q+1/b38-32-. The van der Waals surface area contributed by atoms with E-state index >= 15 is 0 Å². The predicted octanol–water partition coefficient (Wildman–Crippen LogP) is 15.2. The van der Waals surface area contributed by atoms with E-state index in [2.05, 4.69) is 204 Å². The highest BCUT2D eigenvalue weighted by Gasteiger charge is 2.39. The van der Waals surface area contributed by atoms with Gasteiger partial charge in [-0.3, -0.25) is 0 Å². The Morgan fingerprint density at radius 1 is 0.632 bits per heavy atom. The monoisotopic (exact) mass is 758 g/mol. The first-order valence-corrected chi connectivity index (χ1v) is 21.5. The van der Waals surface area contributed by atoms with E-state index in [0.29, 0.717) is 5.92 Å². The molecule has 0 N–H and O–H groups in total. The maximum absolute atomic E-state index is 2.58. The highest BCUT2D eigenvalue weighted by Crippen LogP contribution is 2.50. The summed E-state index contributed by atoms with van der Waals surface area (Å²) in [7, 11) is 5.00. The SMILES string of the molecule is CCCC(c1cc(-c2ccc3c(c2)-c2ccccc2C3Cc2ccccc2)cc2sc3ccccc3c12)[N+](C)(C)C(C/C(C)=C\c1ccccc1)c1ccccc1. The molecule has 0 fully saturated rings. The number of rotatable bonds is 12. The second kappa shape index (κ2) is 15.8. The molecule has 0 saturated heterocycles. The zero-order chi connectivity index (χ0) is 38.9. The number of thiophene rings is 1. The Kier molecular flexibility index (Phi) is 10.3. The Labute approximate surface area is 343 Å². The largest absolute Gasteiger partial charge is 0.316 e. The zero-order valence-corrected chi connectivity index (χ0v) is 34.5. The normalized spacial score (nSPS) is 15.1. The molecule has 282 valence electrons. The molecule has 7 aromatic carbocycles. The van der Waals surface area contributed by atoms with Gasteiger partial charge in [0.25, 0.3) is 0 Å². The molecule has 3 atom stereocenters. The van der Waals surface area contributed by atoms with Crippen LogP contribution in [0.4, 0.5) is 0 Å². The summed E-state index contributed by atoms with van der Waals surface area (Å²) in [5.41, 5.74) is 15.2. The van der Waals surface area contributed by atoms with Gasteiger partial charge in [0.15, 0.2) is 0 Å². The lowest BCUT2D eigenvalue weighted by Crippen LogP contribution is -2.46. The molecule has 0 bridgehead atoms. The summed E-state index contributed by atoms with van der Waals surface area (Å²) in [4.78, 5) is 0. The summed E-state index contributed by atoms with van der Waals surface area (Å²) in [6, 6.07) is 64.2. The molecule has 1 aliphatic rings. The molecule has 1 aliphatic carbocycles. The van der Waals surface area contributed by atoms with Gasteiger partial charge in [-0.05, 0) is 82.1 Å². The van der Waals surface area contributed by atoms with Crippen molar-refractivity contribution in [1.82, 2.24) is 0 Å². The smallest absolute Gasteiger partial charge is 0.118 e. The summed E-state index contributed by atoms with van der Waals surface area (Å²) in [6.45, 7) is 4.68. The second-order valence-corrected chi connectivity index (χ2v) is 17.7. The Bertz CT molecular complexity index is 2690. The van der Waals surface area contributed by atoms with Crippen molar-refractivity contribution in [2.45, 2.75) is 57.5 Å². The quantitative estimate of drug-likeness (QED) is 0.109. The van der Waals surface area contributed by atoms with Crippen LogP contribution < -0.4 is 0 Å². The molecule has 0 saturated carbocycles. The van der Waals surface area contributed by atoms with E-state index < -0.39 is 0 Å². The van der Waals surface area contributed by atoms with E-state index in [9.17, 15) is 0 Å². The van der Waals surface area contributed by atoms with Crippen molar-refractivity contribution in [2.75, 3.05) is 14.1 Å². The number of hydrogen-bond acceptors (Lipinski definition) is 1. The minimum Gasteiger partial charge on any atom is -0.316 e. The van der Waals surface area contributed by atoms with Crippen LogP contribution >= 0.6 is 11.3 Å². The molecule has 3 unspecified atom stereocenters. The van der Waals surface area contributed by atoms with Crippen LogP contribution in [0.25, 0.3) is 48.5 Å². The minimum atomic E-state index is 0.268. The zero-order valence-electron chi connectivity index (χ0n) is 33.7. The fourth-order valence-corrected chi connectivity index (χ4v) is 11.0. The molecule has 9 rings (SSSR count). The average Bonchev–Trinajstić information content (AvgIpc) is 3.78. The molecule has 0 amide bonds. The lowest BCUT2D eigenvalue weighted by molar-refractivity contribution is -0.950. The van der Waals surface area contributed by atoms with Crippen molar-refractivity contribution in [3.05, 3.63) is 209 Å². The van der Waals surface area contributed by atoms with Gasteiger partial charge in [-0.2, -0.15) is 0 Å². The third kappa shape index (κ3) is 7.18. The maximum atomic E-state index is 2.58. The summed E-state index contributed by atoms with van der Waals surface area (Å²) in [5, 5.41) is 2.81. The summed E-state index contributed by atoms with van der Waals surface area (Å²) < 4.78 is 3.60. The highest BCUT2D eigenvalue weighted by atomic mass is 32.1. The first-order valence-electron chi connectivity index (χ1n) is 20.7. The molecule has 1 aromatic heterocycles. The minimum absolute atomic E-state index is 0.268. The highest BCUT2D eigenvalue weighted by molar-refractivity contribution is 7.25. The molecule has 1 nitrogen and oxygen atoms in total. The van der Waals surface area contributed by atoms with Crippen molar-refractivity contribution in [3.63, 3.8) is 0 Å². The van der Waals surface area contributed by atoms with E-state index in [0.717, 1.165) is 30.2 Å². The van der Waals surface area contributed by atoms with Crippen LogP contribution in [0.5, 0.6) is 0 Å². The lowest BCUT2D eigenvalue weighted by atomic mass is 9.86. The van der Waals surface area contributed by atoms with E-state index in [1.807, 2.05) is 11.3 Å². The molecule has 1 heterocycles. The van der Waals surface area contributed by atoms with Crippen LogP contribution in [-0.4, -0.2) is 18.6 Å². The van der Waals surface area contributed by atoms with E-state index in [1.54, 1.807) is 0 Å². The predicted molar refractivity (Wildman–Crippen MR) is 246 cm³/mol. The molecular weight excluding hydrogens is 707 g/mol. The third-order valence-electron chi connectivity index (χ3n) is 12.6. The van der Waals surface area contributed by atoms with Crippen molar-refractivity contribution in [3.8, 4) is 22.3 Å². The van der Waals surface area contributed by atoms with Crippen molar-refractivity contribution in [2.24, 2.45) is 0 Å². The van der Waals surface area contributed by atoms with Crippen LogP contribution in [0, 0.1) is 0 Å². The van der Waals surface area contributed by atoms with Crippen molar-refractivity contribution < 1.29 is 4.48 Å². The van der Waals surface area contributed by atoms with Gasteiger partial charge in [0.05, 0.1) is 14.1 Å². The second-order valence-electron chi connectivity index (χ2n) is 16.6. The lowest BCUT2D eigenvalue weighted by Gasteiger charge is -2.45. The molecule has 0 radical (unpaired) electrons. The van der Waals surface area contributed by atoms with Crippen LogP contribution in [-0.2, 0) is 6.42 Å². The summed E-state index contributed by atoms with van der Waals surface area (Å²) >= 11 is 1.95. The molecule has 0 aliphatic heterocycles. The number of nitrogens with zero attached hydrogens (tertiary/aromatic N) is 1. The topological polar surface area (TPSA) is 0 Å². The van der Waals surface area contributed by atoms with Gasteiger partial charge in [0.2, 0.25) is 0 Å². The van der Waals surface area contributed by atoms with Gasteiger partial charge in [-0.1, -0.05) is 171 Å².